The summed E-state index contributed by atoms with van der Waals surface area (Å²) >= 11 is 2.22. The average Bonchev–Trinajstić information content (AvgIpc) is 2.86. The molecule has 0 radical (unpaired) electrons. The van der Waals surface area contributed by atoms with E-state index in [1.807, 2.05) is 0 Å². The molecule has 0 aliphatic heterocycles. The number of hydrogen-bond donors (Lipinski definition) is 2. The molecule has 0 aliphatic rings. The van der Waals surface area contributed by atoms with Crippen LogP contribution >= 0.6 is 22.7 Å². The number of rotatable bonds is 4. The van der Waals surface area contributed by atoms with Gasteiger partial charge < -0.3 is 10.4 Å². The highest BCUT2D eigenvalue weighted by Crippen LogP contribution is 2.27. The predicted octanol–water partition coefficient (Wildman–Crippen LogP) is 1.93. The summed E-state index contributed by atoms with van der Waals surface area (Å²) < 4.78 is 1.35. The van der Waals surface area contributed by atoms with Gasteiger partial charge in [-0.15, -0.1) is 11.3 Å². The molecule has 2 N–H and O–H groups in total. The van der Waals surface area contributed by atoms with Crippen molar-refractivity contribution in [3.63, 3.8) is 0 Å². The van der Waals surface area contributed by atoms with E-state index in [0.717, 1.165) is 16.2 Å². The number of aromatic carboxylic acids is 1. The van der Waals surface area contributed by atoms with Gasteiger partial charge in [-0.05, 0) is 19.9 Å². The summed E-state index contributed by atoms with van der Waals surface area (Å²) in [5.41, 5.74) is 0.770. The summed E-state index contributed by atoms with van der Waals surface area (Å²) in [5, 5.41) is 13.6. The number of carbonyl (C=O) groups is 2. The number of carboxylic acid groups (broad SMARTS) is 1. The lowest BCUT2D eigenvalue weighted by Crippen LogP contribution is -2.25. The number of thiazole rings is 1. The van der Waals surface area contributed by atoms with Crippen LogP contribution in [0.25, 0.3) is 0 Å². The van der Waals surface area contributed by atoms with E-state index in [2.05, 4.69) is 5.32 Å². The first-order valence-electron chi connectivity index (χ1n) is 5.67. The van der Waals surface area contributed by atoms with E-state index in [1.165, 1.54) is 22.0 Å². The zero-order valence-corrected chi connectivity index (χ0v) is 12.4. The van der Waals surface area contributed by atoms with E-state index >= 15 is 0 Å². The highest BCUT2D eigenvalue weighted by Gasteiger charge is 2.16. The molecule has 2 heterocycles. The number of carboxylic acids is 1. The van der Waals surface area contributed by atoms with Crippen LogP contribution in [0.2, 0.25) is 0 Å². The quantitative estimate of drug-likeness (QED) is 0.903. The fraction of sp³-hybridized carbons (Fsp3) is 0.250. The third kappa shape index (κ3) is 2.97. The van der Waals surface area contributed by atoms with Crippen LogP contribution in [0, 0.1) is 13.8 Å². The zero-order valence-electron chi connectivity index (χ0n) is 10.8. The molecule has 2 aromatic rings. The van der Waals surface area contributed by atoms with Crippen LogP contribution in [0.1, 0.15) is 20.9 Å². The Labute approximate surface area is 122 Å². The molecule has 6 nitrogen and oxygen atoms in total. The van der Waals surface area contributed by atoms with Gasteiger partial charge in [0.2, 0.25) is 5.91 Å². The molecule has 0 aliphatic carbocycles. The molecule has 0 spiro atoms. The molecule has 2 aromatic heterocycles. The van der Waals surface area contributed by atoms with Gasteiger partial charge >= 0.3 is 10.8 Å². The van der Waals surface area contributed by atoms with E-state index < -0.39 is 11.9 Å². The number of aryl methyl sites for hydroxylation is 2. The van der Waals surface area contributed by atoms with Crippen molar-refractivity contribution in [2.75, 3.05) is 5.32 Å². The minimum atomic E-state index is -1.09. The van der Waals surface area contributed by atoms with Gasteiger partial charge in [0.05, 0.1) is 5.56 Å². The molecule has 0 aromatic carbocycles. The molecule has 0 saturated heterocycles. The van der Waals surface area contributed by atoms with Crippen LogP contribution in [0.4, 0.5) is 5.00 Å². The van der Waals surface area contributed by atoms with Gasteiger partial charge in [-0.25, -0.2) is 4.79 Å². The Morgan fingerprint density at radius 1 is 1.40 bits per heavy atom. The van der Waals surface area contributed by atoms with Crippen molar-refractivity contribution in [1.29, 1.82) is 0 Å². The smallest absolute Gasteiger partial charge is 0.338 e. The Balaban J connectivity index is 2.17. The van der Waals surface area contributed by atoms with E-state index in [0.29, 0.717) is 10.7 Å². The van der Waals surface area contributed by atoms with E-state index in [1.54, 1.807) is 19.2 Å². The largest absolute Gasteiger partial charge is 0.478 e. The first-order valence-corrected chi connectivity index (χ1v) is 7.36. The van der Waals surface area contributed by atoms with Crippen molar-refractivity contribution in [3.8, 4) is 0 Å². The Morgan fingerprint density at radius 2 is 2.10 bits per heavy atom. The topological polar surface area (TPSA) is 88.4 Å². The Kier molecular flexibility index (Phi) is 4.05. The number of anilines is 1. The Morgan fingerprint density at radius 3 is 2.65 bits per heavy atom. The molecular weight excluding hydrogens is 300 g/mol. The zero-order chi connectivity index (χ0) is 14.9. The second-order valence-corrected chi connectivity index (χ2v) is 6.26. The van der Waals surface area contributed by atoms with Gasteiger partial charge in [-0.3, -0.25) is 14.2 Å². The minimum absolute atomic E-state index is 0.0650. The molecule has 0 saturated carbocycles. The third-order valence-electron chi connectivity index (χ3n) is 2.62. The molecule has 2 rings (SSSR count). The normalized spacial score (nSPS) is 10.5. The summed E-state index contributed by atoms with van der Waals surface area (Å²) in [6.07, 6.45) is 0. The van der Waals surface area contributed by atoms with Gasteiger partial charge in [0.1, 0.15) is 11.5 Å². The molecule has 0 atom stereocenters. The first kappa shape index (κ1) is 14.5. The summed E-state index contributed by atoms with van der Waals surface area (Å²) in [7, 11) is 0. The number of amides is 1. The lowest BCUT2D eigenvalue weighted by Gasteiger charge is -2.06. The maximum atomic E-state index is 11.9. The number of aromatic nitrogens is 1. The van der Waals surface area contributed by atoms with E-state index in [9.17, 15) is 14.4 Å². The van der Waals surface area contributed by atoms with Crippen LogP contribution < -0.4 is 10.2 Å². The average molecular weight is 312 g/mol. The first-order chi connectivity index (χ1) is 9.38. The number of hydrogen-bond acceptors (Lipinski definition) is 5. The molecule has 20 heavy (non-hydrogen) atoms. The summed E-state index contributed by atoms with van der Waals surface area (Å²) in [6.45, 7) is 3.38. The molecule has 1 amide bonds. The van der Waals surface area contributed by atoms with Crippen LogP contribution in [-0.4, -0.2) is 21.6 Å². The van der Waals surface area contributed by atoms with E-state index in [4.69, 9.17) is 5.11 Å². The highest BCUT2D eigenvalue weighted by atomic mass is 32.1. The molecule has 8 heteroatoms. The molecule has 0 unspecified atom stereocenters. The fourth-order valence-corrected chi connectivity index (χ4v) is 3.33. The van der Waals surface area contributed by atoms with Crippen LogP contribution in [-0.2, 0) is 11.3 Å². The van der Waals surface area contributed by atoms with Crippen molar-refractivity contribution < 1.29 is 14.7 Å². The van der Waals surface area contributed by atoms with Crippen molar-refractivity contribution in [1.82, 2.24) is 4.57 Å². The molecular formula is C12H12N2O4S2. The van der Waals surface area contributed by atoms with Crippen LogP contribution in [0.5, 0.6) is 0 Å². The van der Waals surface area contributed by atoms with Gasteiger partial charge in [0.25, 0.3) is 0 Å². The van der Waals surface area contributed by atoms with Crippen molar-refractivity contribution in [3.05, 3.63) is 37.2 Å². The molecule has 0 bridgehead atoms. The number of carbonyl (C=O) groups excluding carboxylic acids is 1. The lowest BCUT2D eigenvalue weighted by molar-refractivity contribution is -0.116. The number of nitrogens with zero attached hydrogens (tertiary/aromatic N) is 1. The van der Waals surface area contributed by atoms with Crippen molar-refractivity contribution >= 4 is 39.6 Å². The molecule has 0 fully saturated rings. The summed E-state index contributed by atoms with van der Waals surface area (Å²) in [5.74, 6) is -1.51. The van der Waals surface area contributed by atoms with Gasteiger partial charge in [-0.2, -0.15) is 0 Å². The van der Waals surface area contributed by atoms with E-state index in [-0.39, 0.29) is 17.0 Å². The van der Waals surface area contributed by atoms with Crippen LogP contribution in [0.15, 0.2) is 16.2 Å². The Hall–Kier alpha value is -1.93. The number of thiophene rings is 1. The molecule has 106 valence electrons. The summed E-state index contributed by atoms with van der Waals surface area (Å²) in [4.78, 5) is 35.1. The monoisotopic (exact) mass is 312 g/mol. The predicted molar refractivity (Wildman–Crippen MR) is 78.0 cm³/mol. The highest BCUT2D eigenvalue weighted by molar-refractivity contribution is 7.16. The summed E-state index contributed by atoms with van der Waals surface area (Å²) in [6, 6.07) is 1.50. The minimum Gasteiger partial charge on any atom is -0.478 e. The Bertz CT molecular complexity index is 726. The second kappa shape index (κ2) is 5.59. The standard InChI is InChI=1S/C12H12N2O4S2/c1-6-5-19-12(18)14(6)4-9(15)13-10-8(11(16)17)3-7(2)20-10/h3,5H,4H2,1-2H3,(H,13,15)(H,16,17). The SMILES string of the molecule is Cc1cc(C(=O)O)c(NC(=O)Cn2c(C)csc2=O)s1. The third-order valence-corrected chi connectivity index (χ3v) is 4.46. The van der Waals surface area contributed by atoms with Crippen LogP contribution in [0.3, 0.4) is 0 Å². The lowest BCUT2D eigenvalue weighted by atomic mass is 10.3. The number of nitrogens with one attached hydrogen (secondary N) is 1. The second-order valence-electron chi connectivity index (χ2n) is 4.18. The maximum absolute atomic E-state index is 11.9. The van der Waals surface area contributed by atoms with Crippen molar-refractivity contribution in [2.24, 2.45) is 0 Å². The van der Waals surface area contributed by atoms with Gasteiger partial charge in [-0.1, -0.05) is 11.3 Å². The van der Waals surface area contributed by atoms with Crippen molar-refractivity contribution in [2.45, 2.75) is 20.4 Å². The fourth-order valence-electron chi connectivity index (χ4n) is 1.67. The van der Waals surface area contributed by atoms with Gasteiger partial charge in [0.15, 0.2) is 0 Å². The van der Waals surface area contributed by atoms with Gasteiger partial charge in [0, 0.05) is 16.0 Å². The maximum Gasteiger partial charge on any atom is 0.338 e.